The second-order valence-electron chi connectivity index (χ2n) is 5.67. The third-order valence-electron chi connectivity index (χ3n) is 4.16. The number of aromatic nitrogens is 2. The van der Waals surface area contributed by atoms with Crippen LogP contribution in [0.5, 0.6) is 0 Å². The monoisotopic (exact) mass is 343 g/mol. The first kappa shape index (κ1) is 15.3. The van der Waals surface area contributed by atoms with Gasteiger partial charge in [-0.1, -0.05) is 12.1 Å². The van der Waals surface area contributed by atoms with Gasteiger partial charge in [-0.25, -0.2) is 13.4 Å². The molecule has 0 saturated carbocycles. The number of nitrogens with one attached hydrogen (secondary N) is 1. The van der Waals surface area contributed by atoms with Crippen molar-refractivity contribution in [3.63, 3.8) is 0 Å². The molecular formula is C17H17N3O3S. The first-order valence-electron chi connectivity index (χ1n) is 7.77. The quantitative estimate of drug-likeness (QED) is 0.791. The van der Waals surface area contributed by atoms with Gasteiger partial charge in [-0.05, 0) is 35.9 Å². The van der Waals surface area contributed by atoms with E-state index in [4.69, 9.17) is 4.74 Å². The first-order chi connectivity index (χ1) is 11.6. The molecule has 1 aliphatic heterocycles. The summed E-state index contributed by atoms with van der Waals surface area (Å²) in [4.78, 5) is 7.83. The molecule has 0 atom stereocenters. The molecule has 24 heavy (non-hydrogen) atoms. The first-order valence-corrected chi connectivity index (χ1v) is 9.21. The van der Waals surface area contributed by atoms with Gasteiger partial charge in [0, 0.05) is 30.4 Å². The van der Waals surface area contributed by atoms with E-state index in [9.17, 15) is 8.42 Å². The number of fused-ring (bicyclic) bond motifs is 1. The lowest BCUT2D eigenvalue weighted by molar-refractivity contribution is 0.0730. The highest BCUT2D eigenvalue weighted by Gasteiger charge is 2.26. The van der Waals surface area contributed by atoms with Crippen LogP contribution in [0.1, 0.15) is 0 Å². The number of aromatic amines is 1. The summed E-state index contributed by atoms with van der Waals surface area (Å²) in [5.41, 5.74) is 2.66. The van der Waals surface area contributed by atoms with Crippen LogP contribution in [0.4, 0.5) is 0 Å². The number of pyridine rings is 1. The van der Waals surface area contributed by atoms with Crippen LogP contribution in [0.2, 0.25) is 0 Å². The summed E-state index contributed by atoms with van der Waals surface area (Å²) in [6.07, 6.45) is 1.74. The fraction of sp³-hybridized carbons (Fsp3) is 0.235. The SMILES string of the molecule is O=S(=O)(c1ccc(-c2cc3cccnc3[nH]2)cc1)N1CCOCC1. The molecule has 124 valence electrons. The Morgan fingerprint density at radius 2 is 1.83 bits per heavy atom. The van der Waals surface area contributed by atoms with Gasteiger partial charge >= 0.3 is 0 Å². The molecule has 7 heteroatoms. The van der Waals surface area contributed by atoms with Crippen molar-refractivity contribution in [2.24, 2.45) is 0 Å². The van der Waals surface area contributed by atoms with E-state index in [1.165, 1.54) is 4.31 Å². The number of hydrogen-bond acceptors (Lipinski definition) is 4. The summed E-state index contributed by atoms with van der Waals surface area (Å²) in [7, 11) is -3.45. The molecule has 3 heterocycles. The third-order valence-corrected chi connectivity index (χ3v) is 6.08. The van der Waals surface area contributed by atoms with E-state index in [-0.39, 0.29) is 0 Å². The zero-order chi connectivity index (χ0) is 16.6. The summed E-state index contributed by atoms with van der Waals surface area (Å²) in [6, 6.07) is 12.8. The average Bonchev–Trinajstić information content (AvgIpc) is 3.07. The number of sulfonamides is 1. The van der Waals surface area contributed by atoms with Crippen LogP contribution in [-0.4, -0.2) is 49.0 Å². The van der Waals surface area contributed by atoms with Crippen molar-refractivity contribution >= 4 is 21.1 Å². The highest BCUT2D eigenvalue weighted by atomic mass is 32.2. The predicted octanol–water partition coefficient (Wildman–Crippen LogP) is 2.25. The highest BCUT2D eigenvalue weighted by molar-refractivity contribution is 7.89. The maximum atomic E-state index is 12.6. The lowest BCUT2D eigenvalue weighted by Gasteiger charge is -2.26. The molecule has 1 saturated heterocycles. The van der Waals surface area contributed by atoms with Crippen LogP contribution in [0, 0.1) is 0 Å². The smallest absolute Gasteiger partial charge is 0.243 e. The maximum Gasteiger partial charge on any atom is 0.243 e. The summed E-state index contributed by atoms with van der Waals surface area (Å²) < 4.78 is 31.9. The van der Waals surface area contributed by atoms with Crippen LogP contribution >= 0.6 is 0 Å². The van der Waals surface area contributed by atoms with E-state index < -0.39 is 10.0 Å². The minimum Gasteiger partial charge on any atom is -0.379 e. The van der Waals surface area contributed by atoms with E-state index >= 15 is 0 Å². The molecule has 1 aliphatic rings. The Morgan fingerprint density at radius 3 is 2.54 bits per heavy atom. The molecular weight excluding hydrogens is 326 g/mol. The Bertz CT molecular complexity index is 925. The van der Waals surface area contributed by atoms with Crippen molar-refractivity contribution in [1.82, 2.24) is 14.3 Å². The topological polar surface area (TPSA) is 75.3 Å². The number of H-pyrrole nitrogens is 1. The zero-order valence-electron chi connectivity index (χ0n) is 13.0. The number of nitrogens with zero attached hydrogens (tertiary/aromatic N) is 2. The number of rotatable bonds is 3. The summed E-state index contributed by atoms with van der Waals surface area (Å²) in [5, 5.41) is 1.03. The van der Waals surface area contributed by atoms with Crippen LogP contribution in [0.15, 0.2) is 53.6 Å². The molecule has 1 aromatic carbocycles. The molecule has 2 aromatic heterocycles. The molecule has 1 fully saturated rings. The molecule has 3 aromatic rings. The van der Waals surface area contributed by atoms with Crippen LogP contribution in [0.3, 0.4) is 0 Å². The van der Waals surface area contributed by atoms with Crippen LogP contribution < -0.4 is 0 Å². The number of benzene rings is 1. The molecule has 0 amide bonds. The molecule has 0 spiro atoms. The zero-order valence-corrected chi connectivity index (χ0v) is 13.8. The normalized spacial score (nSPS) is 16.5. The minimum absolute atomic E-state index is 0.308. The predicted molar refractivity (Wildman–Crippen MR) is 91.1 cm³/mol. The van der Waals surface area contributed by atoms with Gasteiger partial charge in [0.15, 0.2) is 0 Å². The largest absolute Gasteiger partial charge is 0.379 e. The van der Waals surface area contributed by atoms with E-state index in [1.807, 2.05) is 30.3 Å². The Kier molecular flexibility index (Phi) is 3.84. The highest BCUT2D eigenvalue weighted by Crippen LogP contribution is 2.25. The van der Waals surface area contributed by atoms with Crippen molar-refractivity contribution in [3.05, 3.63) is 48.7 Å². The summed E-state index contributed by atoms with van der Waals surface area (Å²) >= 11 is 0. The van der Waals surface area contributed by atoms with E-state index in [0.29, 0.717) is 31.2 Å². The van der Waals surface area contributed by atoms with E-state index in [0.717, 1.165) is 22.3 Å². The van der Waals surface area contributed by atoms with Crippen molar-refractivity contribution in [2.75, 3.05) is 26.3 Å². The van der Waals surface area contributed by atoms with Gasteiger partial charge in [0.25, 0.3) is 0 Å². The Labute approximate surface area is 140 Å². The van der Waals surface area contributed by atoms with Gasteiger partial charge in [-0.15, -0.1) is 0 Å². The van der Waals surface area contributed by atoms with Crippen molar-refractivity contribution in [1.29, 1.82) is 0 Å². The molecule has 0 bridgehead atoms. The molecule has 0 aliphatic carbocycles. The van der Waals surface area contributed by atoms with Gasteiger partial charge < -0.3 is 9.72 Å². The fourth-order valence-electron chi connectivity index (χ4n) is 2.86. The van der Waals surface area contributed by atoms with Crippen molar-refractivity contribution < 1.29 is 13.2 Å². The molecule has 4 rings (SSSR count). The molecule has 6 nitrogen and oxygen atoms in total. The standard InChI is InChI=1S/C17H17N3O3S/c21-24(22,20-8-10-23-11-9-20)15-5-3-13(4-6-15)16-12-14-2-1-7-18-17(14)19-16/h1-7,12H,8-11H2,(H,18,19). The number of hydrogen-bond donors (Lipinski definition) is 1. The lowest BCUT2D eigenvalue weighted by atomic mass is 10.1. The van der Waals surface area contributed by atoms with E-state index in [2.05, 4.69) is 9.97 Å². The molecule has 0 unspecified atom stereocenters. The van der Waals surface area contributed by atoms with Crippen molar-refractivity contribution in [2.45, 2.75) is 4.90 Å². The minimum atomic E-state index is -3.45. The second kappa shape index (κ2) is 6.01. The second-order valence-corrected chi connectivity index (χ2v) is 7.60. The lowest BCUT2D eigenvalue weighted by Crippen LogP contribution is -2.40. The van der Waals surface area contributed by atoms with Crippen molar-refractivity contribution in [3.8, 4) is 11.3 Å². The van der Waals surface area contributed by atoms with Crippen LogP contribution in [-0.2, 0) is 14.8 Å². The van der Waals surface area contributed by atoms with Gasteiger partial charge in [-0.2, -0.15) is 4.31 Å². The summed E-state index contributed by atoms with van der Waals surface area (Å²) in [5.74, 6) is 0. The fourth-order valence-corrected chi connectivity index (χ4v) is 4.26. The number of ether oxygens (including phenoxy) is 1. The van der Waals surface area contributed by atoms with Gasteiger partial charge in [0.2, 0.25) is 10.0 Å². The third kappa shape index (κ3) is 2.71. The van der Waals surface area contributed by atoms with Gasteiger partial charge in [0.05, 0.1) is 18.1 Å². The molecule has 0 radical (unpaired) electrons. The van der Waals surface area contributed by atoms with Crippen LogP contribution in [0.25, 0.3) is 22.3 Å². The van der Waals surface area contributed by atoms with E-state index in [1.54, 1.807) is 18.3 Å². The number of morpholine rings is 1. The Balaban J connectivity index is 1.64. The maximum absolute atomic E-state index is 12.6. The Morgan fingerprint density at radius 1 is 1.08 bits per heavy atom. The van der Waals surface area contributed by atoms with Gasteiger partial charge in [-0.3, -0.25) is 0 Å². The van der Waals surface area contributed by atoms with Gasteiger partial charge in [0.1, 0.15) is 5.65 Å². The average molecular weight is 343 g/mol. The molecule has 1 N–H and O–H groups in total. The Hall–Kier alpha value is -2.22. The summed E-state index contributed by atoms with van der Waals surface area (Å²) in [6.45, 7) is 1.69.